The lowest BCUT2D eigenvalue weighted by molar-refractivity contribution is -0.121. The Labute approximate surface area is 93.5 Å². The van der Waals surface area contributed by atoms with E-state index < -0.39 is 0 Å². The first-order valence-corrected chi connectivity index (χ1v) is 6.00. The Kier molecular flexibility index (Phi) is 5.58. The van der Waals surface area contributed by atoms with Gasteiger partial charge in [-0.05, 0) is 32.6 Å². The van der Waals surface area contributed by atoms with Gasteiger partial charge in [0.05, 0.1) is 6.04 Å². The second kappa shape index (κ2) is 6.46. The van der Waals surface area contributed by atoms with Gasteiger partial charge < -0.3 is 14.8 Å². The van der Waals surface area contributed by atoms with Gasteiger partial charge >= 0.3 is 0 Å². The molecule has 1 aliphatic carbocycles. The number of rotatable bonds is 6. The van der Waals surface area contributed by atoms with Crippen LogP contribution in [-0.4, -0.2) is 32.6 Å². The summed E-state index contributed by atoms with van der Waals surface area (Å²) in [5.41, 5.74) is 0. The molecule has 1 rings (SSSR count). The summed E-state index contributed by atoms with van der Waals surface area (Å²) in [6.07, 6.45) is 5.37. The van der Waals surface area contributed by atoms with Gasteiger partial charge in [-0.2, -0.15) is 0 Å². The Balaban J connectivity index is 2.32. The average molecular weight is 215 g/mol. The minimum absolute atomic E-state index is 0.145. The Morgan fingerprint density at radius 2 is 1.60 bits per heavy atom. The van der Waals surface area contributed by atoms with Crippen molar-refractivity contribution in [2.45, 2.75) is 57.9 Å². The third kappa shape index (κ3) is 3.74. The van der Waals surface area contributed by atoms with Crippen molar-refractivity contribution in [3.05, 3.63) is 0 Å². The van der Waals surface area contributed by atoms with Gasteiger partial charge in [0.1, 0.15) is 0 Å². The maximum Gasteiger partial charge on any atom is 0.171 e. The van der Waals surface area contributed by atoms with Crippen molar-refractivity contribution >= 4 is 0 Å². The number of hydrogen-bond donors (Lipinski definition) is 1. The molecule has 0 bridgehead atoms. The second-order valence-corrected chi connectivity index (χ2v) is 4.63. The molecule has 0 heterocycles. The van der Waals surface area contributed by atoms with E-state index in [2.05, 4.69) is 19.2 Å². The monoisotopic (exact) mass is 215 g/mol. The van der Waals surface area contributed by atoms with E-state index in [1.54, 1.807) is 14.2 Å². The molecule has 0 aromatic heterocycles. The normalized spacial score (nSPS) is 22.2. The molecule has 1 unspecified atom stereocenters. The first-order valence-electron chi connectivity index (χ1n) is 6.00. The van der Waals surface area contributed by atoms with Crippen LogP contribution in [0.3, 0.4) is 0 Å². The van der Waals surface area contributed by atoms with Gasteiger partial charge in [0.25, 0.3) is 0 Å². The zero-order valence-electron chi connectivity index (χ0n) is 10.5. The van der Waals surface area contributed by atoms with Crippen LogP contribution in [0.5, 0.6) is 0 Å². The van der Waals surface area contributed by atoms with E-state index in [1.165, 1.54) is 25.7 Å². The molecule has 3 nitrogen and oxygen atoms in total. The van der Waals surface area contributed by atoms with Gasteiger partial charge in [0, 0.05) is 20.3 Å². The van der Waals surface area contributed by atoms with E-state index >= 15 is 0 Å². The van der Waals surface area contributed by atoms with Gasteiger partial charge in [-0.3, -0.25) is 0 Å². The van der Waals surface area contributed by atoms with Crippen molar-refractivity contribution in [3.8, 4) is 0 Å². The Morgan fingerprint density at radius 1 is 1.07 bits per heavy atom. The average Bonchev–Trinajstić information content (AvgIpc) is 2.72. The molecule has 1 N–H and O–H groups in total. The molecule has 3 heteroatoms. The highest BCUT2D eigenvalue weighted by atomic mass is 16.7. The maximum atomic E-state index is 5.24. The fourth-order valence-electron chi connectivity index (χ4n) is 2.59. The first kappa shape index (κ1) is 12.9. The van der Waals surface area contributed by atoms with E-state index in [-0.39, 0.29) is 12.3 Å². The number of nitrogens with one attached hydrogen (secondary N) is 1. The smallest absolute Gasteiger partial charge is 0.171 e. The Morgan fingerprint density at radius 3 is 2.07 bits per heavy atom. The fraction of sp³-hybridized carbons (Fsp3) is 1.00. The van der Waals surface area contributed by atoms with E-state index in [0.29, 0.717) is 6.04 Å². The van der Waals surface area contributed by atoms with Crippen molar-refractivity contribution in [2.75, 3.05) is 14.2 Å². The molecular formula is C12H25NO2. The highest BCUT2D eigenvalue weighted by Gasteiger charge is 2.25. The topological polar surface area (TPSA) is 30.5 Å². The highest BCUT2D eigenvalue weighted by molar-refractivity contribution is 4.80. The van der Waals surface area contributed by atoms with Crippen LogP contribution in [0.1, 0.15) is 39.5 Å². The molecule has 2 atom stereocenters. The summed E-state index contributed by atoms with van der Waals surface area (Å²) in [7, 11) is 3.37. The zero-order chi connectivity index (χ0) is 11.3. The van der Waals surface area contributed by atoms with Crippen LogP contribution in [0.4, 0.5) is 0 Å². The van der Waals surface area contributed by atoms with Gasteiger partial charge in [0.15, 0.2) is 6.29 Å². The Hall–Kier alpha value is -0.120. The van der Waals surface area contributed by atoms with Crippen molar-refractivity contribution in [1.82, 2.24) is 5.32 Å². The Bertz CT molecular complexity index is 159. The van der Waals surface area contributed by atoms with Crippen molar-refractivity contribution in [1.29, 1.82) is 0 Å². The summed E-state index contributed by atoms with van der Waals surface area (Å²) in [4.78, 5) is 0. The molecule has 1 saturated carbocycles. The van der Waals surface area contributed by atoms with Gasteiger partial charge in [-0.1, -0.05) is 12.8 Å². The van der Waals surface area contributed by atoms with E-state index in [0.717, 1.165) is 5.92 Å². The summed E-state index contributed by atoms with van der Waals surface area (Å²) in [5.74, 6) is 0.835. The minimum Gasteiger partial charge on any atom is -0.354 e. The van der Waals surface area contributed by atoms with Gasteiger partial charge in [-0.15, -0.1) is 0 Å². The summed E-state index contributed by atoms with van der Waals surface area (Å²) >= 11 is 0. The predicted octanol–water partition coefficient (Wildman–Crippen LogP) is 2.16. The zero-order valence-corrected chi connectivity index (χ0v) is 10.5. The number of hydrogen-bond acceptors (Lipinski definition) is 3. The van der Waals surface area contributed by atoms with Crippen LogP contribution in [0.15, 0.2) is 0 Å². The minimum atomic E-state index is -0.145. The molecule has 15 heavy (non-hydrogen) atoms. The quantitative estimate of drug-likeness (QED) is 0.689. The molecule has 1 fully saturated rings. The molecule has 1 aliphatic rings. The summed E-state index contributed by atoms with van der Waals surface area (Å²) in [6, 6.07) is 0.811. The van der Waals surface area contributed by atoms with Crippen molar-refractivity contribution < 1.29 is 9.47 Å². The lowest BCUT2D eigenvalue weighted by Gasteiger charge is -2.28. The van der Waals surface area contributed by atoms with Crippen LogP contribution in [0.25, 0.3) is 0 Å². The van der Waals surface area contributed by atoms with Gasteiger partial charge in [-0.25, -0.2) is 0 Å². The third-order valence-electron chi connectivity index (χ3n) is 3.51. The maximum absolute atomic E-state index is 5.24. The van der Waals surface area contributed by atoms with Crippen LogP contribution in [-0.2, 0) is 9.47 Å². The molecular weight excluding hydrogens is 190 g/mol. The van der Waals surface area contributed by atoms with Crippen molar-refractivity contribution in [3.63, 3.8) is 0 Å². The van der Waals surface area contributed by atoms with Crippen LogP contribution in [0.2, 0.25) is 0 Å². The van der Waals surface area contributed by atoms with E-state index in [1.807, 2.05) is 0 Å². The molecule has 90 valence electrons. The fourth-order valence-corrected chi connectivity index (χ4v) is 2.59. The lowest BCUT2D eigenvalue weighted by atomic mass is 9.99. The molecule has 0 aromatic rings. The van der Waals surface area contributed by atoms with Crippen molar-refractivity contribution in [2.24, 2.45) is 5.92 Å². The van der Waals surface area contributed by atoms with Crippen LogP contribution < -0.4 is 5.32 Å². The molecule has 0 aromatic carbocycles. The first-order chi connectivity index (χ1) is 7.19. The molecule has 0 spiro atoms. The third-order valence-corrected chi connectivity index (χ3v) is 3.51. The summed E-state index contributed by atoms with van der Waals surface area (Å²) in [6.45, 7) is 4.39. The molecule has 0 amide bonds. The number of methoxy groups -OCH3 is 2. The summed E-state index contributed by atoms with van der Waals surface area (Å²) in [5, 5.41) is 3.57. The highest BCUT2D eigenvalue weighted by Crippen LogP contribution is 2.27. The summed E-state index contributed by atoms with van der Waals surface area (Å²) < 4.78 is 10.5. The molecule has 0 aliphatic heterocycles. The van der Waals surface area contributed by atoms with Crippen LogP contribution >= 0.6 is 0 Å². The largest absolute Gasteiger partial charge is 0.354 e. The predicted molar refractivity (Wildman–Crippen MR) is 61.8 cm³/mol. The number of ether oxygens (including phenoxy) is 2. The standard InChI is InChI=1S/C12H25NO2/c1-9(11-7-5-6-8-11)13-10(2)12(14-3)15-4/h9-13H,5-8H2,1-4H3/t9-,10?/m1/s1. The van der Waals surface area contributed by atoms with Gasteiger partial charge in [0.2, 0.25) is 0 Å². The SMILES string of the molecule is COC(OC)C(C)N[C@H](C)C1CCCC1. The van der Waals surface area contributed by atoms with E-state index in [9.17, 15) is 0 Å². The lowest BCUT2D eigenvalue weighted by Crippen LogP contribution is -2.46. The second-order valence-electron chi connectivity index (χ2n) is 4.63. The van der Waals surface area contributed by atoms with E-state index in [4.69, 9.17) is 9.47 Å². The molecule has 0 saturated heterocycles. The van der Waals surface area contributed by atoms with Crippen LogP contribution in [0, 0.1) is 5.92 Å². The molecule has 0 radical (unpaired) electrons.